The number of aryl methyl sites for hydroxylation is 1. The van der Waals surface area contributed by atoms with Crippen molar-refractivity contribution in [3.8, 4) is 0 Å². The molecule has 2 unspecified atom stereocenters. The highest BCUT2D eigenvalue weighted by Gasteiger charge is 2.41. The van der Waals surface area contributed by atoms with Crippen LogP contribution in [-0.4, -0.2) is 32.0 Å². The van der Waals surface area contributed by atoms with E-state index in [0.717, 1.165) is 44.9 Å². The van der Waals surface area contributed by atoms with Crippen molar-refractivity contribution in [2.75, 3.05) is 11.9 Å². The fourth-order valence-corrected chi connectivity index (χ4v) is 6.01. The lowest BCUT2D eigenvalue weighted by molar-refractivity contribution is -0.116. The molecule has 0 spiro atoms. The smallest absolute Gasteiger partial charge is 0.226 e. The Labute approximate surface area is 238 Å². The molecule has 8 heteroatoms. The summed E-state index contributed by atoms with van der Waals surface area (Å²) >= 11 is 5.85. The molecule has 40 heavy (non-hydrogen) atoms. The molecule has 1 aliphatic rings. The summed E-state index contributed by atoms with van der Waals surface area (Å²) in [7, 11) is 0. The maximum Gasteiger partial charge on any atom is 0.226 e. The maximum absolute atomic E-state index is 13.2. The molecule has 6 rings (SSSR count). The van der Waals surface area contributed by atoms with Crippen molar-refractivity contribution < 1.29 is 9.21 Å². The number of hydrogen-bond acceptors (Lipinski definition) is 4. The van der Waals surface area contributed by atoms with Crippen LogP contribution in [0.3, 0.4) is 0 Å². The maximum atomic E-state index is 13.2. The Morgan fingerprint density at radius 2 is 1.88 bits per heavy atom. The van der Waals surface area contributed by atoms with Crippen molar-refractivity contribution in [1.82, 2.24) is 19.8 Å². The highest BCUT2D eigenvalue weighted by atomic mass is 32.1. The molecule has 1 aliphatic heterocycles. The molecule has 5 aromatic rings. The number of amides is 1. The summed E-state index contributed by atoms with van der Waals surface area (Å²) in [5, 5.41) is 9.35. The number of fused-ring (bicyclic) bond motifs is 1. The van der Waals surface area contributed by atoms with Gasteiger partial charge in [-0.2, -0.15) is 0 Å². The zero-order valence-corrected chi connectivity index (χ0v) is 23.3. The van der Waals surface area contributed by atoms with Crippen LogP contribution in [0.15, 0.2) is 95.7 Å². The van der Waals surface area contributed by atoms with Gasteiger partial charge in [-0.1, -0.05) is 42.5 Å². The fraction of sp³-hybridized carbons (Fsp3) is 0.219. The Bertz CT molecular complexity index is 1660. The molecule has 3 aromatic heterocycles. The third-order valence-corrected chi connectivity index (χ3v) is 8.02. The normalized spacial score (nSPS) is 16.9. The van der Waals surface area contributed by atoms with Crippen molar-refractivity contribution >= 4 is 39.7 Å². The molecule has 0 saturated carbocycles. The topological polar surface area (TPSA) is 75.3 Å². The summed E-state index contributed by atoms with van der Waals surface area (Å²) in [6.07, 6.45) is 3.80. The van der Waals surface area contributed by atoms with Gasteiger partial charge in [-0.05, 0) is 73.4 Å². The molecule has 202 valence electrons. The number of hydrogen-bond donors (Lipinski definition) is 2. The van der Waals surface area contributed by atoms with Gasteiger partial charge in [0.1, 0.15) is 5.76 Å². The molecule has 7 nitrogen and oxygen atoms in total. The van der Waals surface area contributed by atoms with Crippen molar-refractivity contribution in [2.24, 2.45) is 0 Å². The van der Waals surface area contributed by atoms with E-state index >= 15 is 0 Å². The van der Waals surface area contributed by atoms with E-state index in [1.807, 2.05) is 72.8 Å². The van der Waals surface area contributed by atoms with Gasteiger partial charge in [-0.25, -0.2) is 0 Å². The first-order chi connectivity index (χ1) is 19.5. The van der Waals surface area contributed by atoms with E-state index in [1.165, 1.54) is 0 Å². The first-order valence-electron chi connectivity index (χ1n) is 13.4. The van der Waals surface area contributed by atoms with Crippen LogP contribution in [0.1, 0.15) is 46.9 Å². The standard InChI is InChI=1S/C32H31N5O2S/c1-21-19-26(22(2)37(21)20-24-11-8-18-39-24)31-30(28-13-5-6-16-33-28)35-32(40)36(31)17-15-29(38)34-27-14-7-10-23-9-3-4-12-25(23)27/h3-14,16,18-19,30-31H,15,17,20H2,1-2H3,(H,34,38)(H,35,40). The second-order valence-corrected chi connectivity index (χ2v) is 10.5. The average molecular weight is 550 g/mol. The summed E-state index contributed by atoms with van der Waals surface area (Å²) in [4.78, 5) is 20.0. The van der Waals surface area contributed by atoms with Gasteiger partial charge in [-0.15, -0.1) is 0 Å². The van der Waals surface area contributed by atoms with Gasteiger partial charge in [0.25, 0.3) is 0 Å². The summed E-state index contributed by atoms with van der Waals surface area (Å²) in [6, 6.07) is 25.8. The largest absolute Gasteiger partial charge is 0.467 e. The van der Waals surface area contributed by atoms with E-state index in [-0.39, 0.29) is 18.0 Å². The van der Waals surface area contributed by atoms with Crippen LogP contribution in [-0.2, 0) is 11.3 Å². The van der Waals surface area contributed by atoms with Gasteiger partial charge in [0.05, 0.1) is 30.6 Å². The fourth-order valence-electron chi connectivity index (χ4n) is 5.68. The number of aromatic nitrogens is 2. The Morgan fingerprint density at radius 3 is 2.67 bits per heavy atom. The lowest BCUT2D eigenvalue weighted by atomic mass is 9.96. The van der Waals surface area contributed by atoms with Crippen LogP contribution >= 0.6 is 12.2 Å². The summed E-state index contributed by atoms with van der Waals surface area (Å²) in [5.41, 5.74) is 5.15. The molecule has 1 amide bonds. The number of carbonyl (C=O) groups is 1. The lowest BCUT2D eigenvalue weighted by Crippen LogP contribution is -2.33. The number of nitrogens with zero attached hydrogens (tertiary/aromatic N) is 3. The van der Waals surface area contributed by atoms with Crippen molar-refractivity contribution in [3.63, 3.8) is 0 Å². The van der Waals surface area contributed by atoms with Gasteiger partial charge in [0.2, 0.25) is 5.91 Å². The van der Waals surface area contributed by atoms with Crippen molar-refractivity contribution in [1.29, 1.82) is 0 Å². The Balaban J connectivity index is 1.28. The van der Waals surface area contributed by atoms with E-state index in [1.54, 1.807) is 12.5 Å². The second-order valence-electron chi connectivity index (χ2n) is 10.1. The number of anilines is 1. The molecular formula is C32H31N5O2S. The average Bonchev–Trinajstić information content (AvgIpc) is 3.67. The second kappa shape index (κ2) is 11.0. The van der Waals surface area contributed by atoms with Gasteiger partial charge in [-0.3, -0.25) is 9.78 Å². The van der Waals surface area contributed by atoms with Crippen LogP contribution in [0, 0.1) is 13.8 Å². The Hall–Kier alpha value is -4.43. The third kappa shape index (κ3) is 4.98. The molecule has 0 radical (unpaired) electrons. The van der Waals surface area contributed by atoms with Crippen LogP contribution < -0.4 is 10.6 Å². The monoisotopic (exact) mass is 549 g/mol. The van der Waals surface area contributed by atoms with E-state index in [9.17, 15) is 4.79 Å². The number of benzene rings is 2. The molecule has 0 bridgehead atoms. The van der Waals surface area contributed by atoms with Crippen LogP contribution in [0.4, 0.5) is 5.69 Å². The molecule has 2 N–H and O–H groups in total. The lowest BCUT2D eigenvalue weighted by Gasteiger charge is -2.28. The van der Waals surface area contributed by atoms with E-state index in [0.29, 0.717) is 24.6 Å². The number of thiocarbonyl (C=S) groups is 1. The Kier molecular flexibility index (Phi) is 7.09. The minimum Gasteiger partial charge on any atom is -0.467 e. The molecule has 2 aromatic carbocycles. The summed E-state index contributed by atoms with van der Waals surface area (Å²) < 4.78 is 7.89. The molecule has 0 aliphatic carbocycles. The van der Waals surface area contributed by atoms with Crippen molar-refractivity contribution in [2.45, 2.75) is 38.9 Å². The third-order valence-electron chi connectivity index (χ3n) is 7.67. The minimum absolute atomic E-state index is 0.0533. The first-order valence-corrected chi connectivity index (χ1v) is 13.8. The molecule has 1 fully saturated rings. The quantitative estimate of drug-likeness (QED) is 0.222. The number of nitrogens with one attached hydrogen (secondary N) is 2. The van der Waals surface area contributed by atoms with Gasteiger partial charge in [0.15, 0.2) is 5.11 Å². The molecule has 1 saturated heterocycles. The number of furan rings is 1. The van der Waals surface area contributed by atoms with Crippen LogP contribution in [0.5, 0.6) is 0 Å². The molecular weight excluding hydrogens is 518 g/mol. The van der Waals surface area contributed by atoms with Crippen LogP contribution in [0.25, 0.3) is 10.8 Å². The van der Waals surface area contributed by atoms with E-state index < -0.39 is 0 Å². The Morgan fingerprint density at radius 1 is 1.05 bits per heavy atom. The van der Waals surface area contributed by atoms with Gasteiger partial charge >= 0.3 is 0 Å². The minimum atomic E-state index is -0.146. The van der Waals surface area contributed by atoms with Gasteiger partial charge in [0, 0.05) is 41.6 Å². The summed E-state index contributed by atoms with van der Waals surface area (Å²) in [5.74, 6) is 0.846. The zero-order valence-electron chi connectivity index (χ0n) is 22.5. The number of pyridine rings is 1. The van der Waals surface area contributed by atoms with E-state index in [2.05, 4.69) is 45.0 Å². The van der Waals surface area contributed by atoms with Crippen LogP contribution in [0.2, 0.25) is 0 Å². The predicted molar refractivity (Wildman–Crippen MR) is 161 cm³/mol. The first kappa shape index (κ1) is 25.8. The zero-order chi connectivity index (χ0) is 27.6. The number of rotatable bonds is 8. The highest BCUT2D eigenvalue weighted by Crippen LogP contribution is 2.41. The highest BCUT2D eigenvalue weighted by molar-refractivity contribution is 7.80. The van der Waals surface area contributed by atoms with Gasteiger partial charge < -0.3 is 24.5 Å². The SMILES string of the molecule is Cc1cc(C2C(c3ccccn3)NC(=S)N2CCC(=O)Nc2cccc3ccccc23)c(C)n1Cc1ccco1. The summed E-state index contributed by atoms with van der Waals surface area (Å²) in [6.45, 7) is 5.36. The number of carbonyl (C=O) groups excluding carboxylic acids is 1. The van der Waals surface area contributed by atoms with E-state index in [4.69, 9.17) is 16.6 Å². The van der Waals surface area contributed by atoms with Crippen molar-refractivity contribution in [3.05, 3.63) is 120 Å². The molecule has 4 heterocycles. The predicted octanol–water partition coefficient (Wildman–Crippen LogP) is 6.30. The molecule has 2 atom stereocenters.